The molecular weight excluding hydrogens is 312 g/mol. The highest BCUT2D eigenvalue weighted by Gasteiger charge is 2.12. The number of amides is 1. The smallest absolute Gasteiger partial charge is 0.279 e. The van der Waals surface area contributed by atoms with Crippen molar-refractivity contribution in [3.8, 4) is 0 Å². The van der Waals surface area contributed by atoms with Crippen LogP contribution < -0.4 is 10.6 Å². The van der Waals surface area contributed by atoms with Crippen LogP contribution in [0.1, 0.15) is 35.8 Å². The van der Waals surface area contributed by atoms with E-state index in [0.717, 1.165) is 5.56 Å². The molecule has 2 rings (SSSR count). The van der Waals surface area contributed by atoms with Crippen LogP contribution in [0, 0.1) is 0 Å². The number of hydrogen-bond donors (Lipinski definition) is 2. The third-order valence-corrected chi connectivity index (χ3v) is 3.84. The maximum Gasteiger partial charge on any atom is 0.279 e. The first-order chi connectivity index (χ1) is 11.0. The molecule has 0 aromatic heterocycles. The van der Waals surface area contributed by atoms with Gasteiger partial charge in [0.25, 0.3) is 5.91 Å². The Bertz CT molecular complexity index is 698. The fourth-order valence-electron chi connectivity index (χ4n) is 2.21. The average Bonchev–Trinajstić information content (AvgIpc) is 2.53. The number of carbonyl (C=O) groups excluding carboxylic acids is 2. The van der Waals surface area contributed by atoms with Gasteiger partial charge in [-0.15, -0.1) is 0 Å². The lowest BCUT2D eigenvalue weighted by Crippen LogP contribution is -2.86. The summed E-state index contributed by atoms with van der Waals surface area (Å²) in [5, 5.41) is 5.46. The van der Waals surface area contributed by atoms with Crippen molar-refractivity contribution in [1.29, 1.82) is 0 Å². The molecule has 120 valence electrons. The van der Waals surface area contributed by atoms with Gasteiger partial charge < -0.3 is 10.6 Å². The predicted octanol–water partition coefficient (Wildman–Crippen LogP) is 2.81. The van der Waals surface area contributed by atoms with Crippen LogP contribution in [-0.4, -0.2) is 18.2 Å². The minimum Gasteiger partial charge on any atom is -0.333 e. The number of anilines is 1. The Hall–Kier alpha value is -2.17. The van der Waals surface area contributed by atoms with Gasteiger partial charge in [0.2, 0.25) is 0 Å². The number of carbonyl (C=O) groups is 2. The zero-order valence-electron chi connectivity index (χ0n) is 13.2. The molecule has 3 N–H and O–H groups in total. The van der Waals surface area contributed by atoms with E-state index in [9.17, 15) is 9.59 Å². The van der Waals surface area contributed by atoms with E-state index in [0.29, 0.717) is 22.8 Å². The normalized spacial score (nSPS) is 11.8. The SMILES string of the molecule is CC(=O)c1ccc(NC(=O)C[NH2+][C@@H](C)c2cccc(Cl)c2)cc1. The van der Waals surface area contributed by atoms with E-state index in [1.807, 2.05) is 36.5 Å². The summed E-state index contributed by atoms with van der Waals surface area (Å²) in [6, 6.07) is 14.6. The molecule has 0 aliphatic carbocycles. The summed E-state index contributed by atoms with van der Waals surface area (Å²) in [4.78, 5) is 23.2. The largest absolute Gasteiger partial charge is 0.333 e. The summed E-state index contributed by atoms with van der Waals surface area (Å²) >= 11 is 5.98. The van der Waals surface area contributed by atoms with E-state index in [1.165, 1.54) is 6.92 Å². The van der Waals surface area contributed by atoms with E-state index in [2.05, 4.69) is 5.32 Å². The molecule has 23 heavy (non-hydrogen) atoms. The van der Waals surface area contributed by atoms with Crippen LogP contribution in [0.4, 0.5) is 5.69 Å². The first-order valence-electron chi connectivity index (χ1n) is 7.45. The van der Waals surface area contributed by atoms with Gasteiger partial charge in [0.05, 0.1) is 0 Å². The van der Waals surface area contributed by atoms with Crippen LogP contribution >= 0.6 is 11.6 Å². The minimum absolute atomic E-state index is 0.00607. The van der Waals surface area contributed by atoms with Crippen LogP contribution in [-0.2, 0) is 4.79 Å². The minimum atomic E-state index is -0.0885. The first kappa shape index (κ1) is 17.2. The Morgan fingerprint density at radius 1 is 1.17 bits per heavy atom. The lowest BCUT2D eigenvalue weighted by molar-refractivity contribution is -0.682. The topological polar surface area (TPSA) is 62.8 Å². The zero-order chi connectivity index (χ0) is 16.8. The van der Waals surface area contributed by atoms with Gasteiger partial charge in [-0.1, -0.05) is 23.7 Å². The number of rotatable bonds is 6. The Morgan fingerprint density at radius 3 is 2.48 bits per heavy atom. The van der Waals surface area contributed by atoms with Crippen LogP contribution in [0.15, 0.2) is 48.5 Å². The van der Waals surface area contributed by atoms with E-state index >= 15 is 0 Å². The summed E-state index contributed by atoms with van der Waals surface area (Å²) in [6.07, 6.45) is 0. The van der Waals surface area contributed by atoms with Gasteiger partial charge in [0.15, 0.2) is 12.3 Å². The number of Topliss-reactive ketones (excluding diaryl/α,β-unsaturated/α-hetero) is 1. The van der Waals surface area contributed by atoms with E-state index < -0.39 is 0 Å². The van der Waals surface area contributed by atoms with Gasteiger partial charge in [0, 0.05) is 21.8 Å². The number of nitrogens with two attached hydrogens (primary N) is 1. The molecule has 0 fully saturated rings. The summed E-state index contributed by atoms with van der Waals surface area (Å²) in [7, 11) is 0. The van der Waals surface area contributed by atoms with Gasteiger partial charge in [-0.25, -0.2) is 0 Å². The van der Waals surface area contributed by atoms with Crippen LogP contribution in [0.2, 0.25) is 5.02 Å². The Kier molecular flexibility index (Phi) is 5.90. The van der Waals surface area contributed by atoms with Crippen LogP contribution in [0.25, 0.3) is 0 Å². The second-order valence-electron chi connectivity index (χ2n) is 5.47. The Balaban J connectivity index is 1.86. The van der Waals surface area contributed by atoms with Crippen molar-refractivity contribution in [2.75, 3.05) is 11.9 Å². The number of nitrogens with one attached hydrogen (secondary N) is 1. The van der Waals surface area contributed by atoms with Crippen molar-refractivity contribution >= 4 is 29.0 Å². The average molecular weight is 332 g/mol. The zero-order valence-corrected chi connectivity index (χ0v) is 13.9. The first-order valence-corrected chi connectivity index (χ1v) is 7.83. The summed E-state index contributed by atoms with van der Waals surface area (Å²) in [5.41, 5.74) is 2.39. The van der Waals surface area contributed by atoms with Crippen molar-refractivity contribution in [2.24, 2.45) is 0 Å². The summed E-state index contributed by atoms with van der Waals surface area (Å²) in [5.74, 6) is -0.0824. The van der Waals surface area contributed by atoms with Crippen LogP contribution in [0.3, 0.4) is 0 Å². The molecule has 2 aromatic carbocycles. The summed E-state index contributed by atoms with van der Waals surface area (Å²) < 4.78 is 0. The number of halogens is 1. The van der Waals surface area contributed by atoms with Gasteiger partial charge in [-0.05, 0) is 50.2 Å². The molecule has 0 aliphatic rings. The molecule has 1 amide bonds. The molecule has 0 aliphatic heterocycles. The highest BCUT2D eigenvalue weighted by Crippen LogP contribution is 2.14. The molecule has 5 heteroatoms. The molecule has 0 saturated carbocycles. The molecular formula is C18H20ClN2O2+. The molecule has 0 saturated heterocycles. The standard InChI is InChI=1S/C18H19ClN2O2/c1-12(15-4-3-5-16(19)10-15)20-11-18(23)21-17-8-6-14(7-9-17)13(2)22/h3-10,12,20H,11H2,1-2H3,(H,21,23)/p+1/t12-/m0/s1. The Morgan fingerprint density at radius 2 is 1.87 bits per heavy atom. The van der Waals surface area contributed by atoms with Gasteiger partial charge in [-0.3, -0.25) is 9.59 Å². The molecule has 0 radical (unpaired) electrons. The monoisotopic (exact) mass is 331 g/mol. The number of hydrogen-bond acceptors (Lipinski definition) is 2. The van der Waals surface area contributed by atoms with Gasteiger partial charge >= 0.3 is 0 Å². The van der Waals surface area contributed by atoms with Crippen molar-refractivity contribution in [3.05, 3.63) is 64.7 Å². The maximum atomic E-state index is 12.0. The second-order valence-corrected chi connectivity index (χ2v) is 5.90. The molecule has 4 nitrogen and oxygen atoms in total. The third-order valence-electron chi connectivity index (χ3n) is 3.61. The molecule has 1 atom stereocenters. The van der Waals surface area contributed by atoms with Gasteiger partial charge in [0.1, 0.15) is 6.04 Å². The number of benzene rings is 2. The molecule has 0 bridgehead atoms. The van der Waals surface area contributed by atoms with E-state index in [1.54, 1.807) is 24.3 Å². The number of quaternary nitrogens is 1. The highest BCUT2D eigenvalue weighted by atomic mass is 35.5. The second kappa shape index (κ2) is 7.90. The quantitative estimate of drug-likeness (QED) is 0.799. The van der Waals surface area contributed by atoms with Crippen molar-refractivity contribution in [1.82, 2.24) is 0 Å². The lowest BCUT2D eigenvalue weighted by Gasteiger charge is -2.11. The molecule has 0 heterocycles. The fourth-order valence-corrected chi connectivity index (χ4v) is 2.41. The van der Waals surface area contributed by atoms with Crippen molar-refractivity contribution in [2.45, 2.75) is 19.9 Å². The van der Waals surface area contributed by atoms with Crippen molar-refractivity contribution < 1.29 is 14.9 Å². The fraction of sp³-hybridized carbons (Fsp3) is 0.222. The van der Waals surface area contributed by atoms with Crippen molar-refractivity contribution in [3.63, 3.8) is 0 Å². The predicted molar refractivity (Wildman–Crippen MR) is 91.7 cm³/mol. The molecule has 0 unspecified atom stereocenters. The van der Waals surface area contributed by atoms with Crippen LogP contribution in [0.5, 0.6) is 0 Å². The third kappa shape index (κ3) is 5.20. The lowest BCUT2D eigenvalue weighted by atomic mass is 10.1. The van der Waals surface area contributed by atoms with E-state index in [4.69, 9.17) is 11.6 Å². The maximum absolute atomic E-state index is 12.0. The van der Waals surface area contributed by atoms with E-state index in [-0.39, 0.29) is 17.7 Å². The Labute approximate surface area is 140 Å². The highest BCUT2D eigenvalue weighted by molar-refractivity contribution is 6.30. The van der Waals surface area contributed by atoms with Gasteiger partial charge in [-0.2, -0.15) is 0 Å². The number of ketones is 1. The summed E-state index contributed by atoms with van der Waals surface area (Å²) in [6.45, 7) is 3.85. The molecule has 2 aromatic rings. The molecule has 0 spiro atoms.